The van der Waals surface area contributed by atoms with Crippen LogP contribution in [0.3, 0.4) is 0 Å². The first-order chi connectivity index (χ1) is 11.0. The number of nitro benzene ring substituents is 1. The highest BCUT2D eigenvalue weighted by molar-refractivity contribution is 6.33. The van der Waals surface area contributed by atoms with Crippen LogP contribution in [0, 0.1) is 17.0 Å². The third-order valence-corrected chi connectivity index (χ3v) is 4.35. The number of aromatic nitrogens is 3. The molecular weight excluding hydrogens is 318 g/mol. The molecule has 0 fully saturated rings. The first kappa shape index (κ1) is 15.7. The zero-order chi connectivity index (χ0) is 16.6. The maximum Gasteiger partial charge on any atom is 0.271 e. The molecule has 122 valence electrons. The number of aryl methyl sites for hydroxylation is 3. The molecule has 7 nitrogen and oxygen atoms in total. The number of non-ortho nitro benzene ring substituents is 1. The summed E-state index contributed by atoms with van der Waals surface area (Å²) in [7, 11) is 0. The van der Waals surface area contributed by atoms with Gasteiger partial charge in [0.25, 0.3) is 5.69 Å². The predicted molar refractivity (Wildman–Crippen MR) is 88.0 cm³/mol. The topological polar surface area (TPSA) is 85.9 Å². The molecule has 1 N–H and O–H groups in total. The Labute approximate surface area is 138 Å². The molecule has 0 amide bonds. The summed E-state index contributed by atoms with van der Waals surface area (Å²) in [5.74, 6) is 1.89. The Morgan fingerprint density at radius 1 is 1.52 bits per heavy atom. The normalized spacial score (nSPS) is 16.9. The van der Waals surface area contributed by atoms with Gasteiger partial charge in [0.05, 0.1) is 22.2 Å². The first-order valence-corrected chi connectivity index (χ1v) is 7.99. The summed E-state index contributed by atoms with van der Waals surface area (Å²) in [5.41, 5.74) is 1.53. The van der Waals surface area contributed by atoms with E-state index in [1.54, 1.807) is 0 Å². The van der Waals surface area contributed by atoms with Crippen molar-refractivity contribution in [2.75, 3.05) is 5.32 Å². The Morgan fingerprint density at radius 2 is 2.30 bits per heavy atom. The van der Waals surface area contributed by atoms with E-state index in [0.717, 1.165) is 48.7 Å². The van der Waals surface area contributed by atoms with Gasteiger partial charge in [0.1, 0.15) is 5.82 Å². The van der Waals surface area contributed by atoms with E-state index in [1.165, 1.54) is 12.1 Å². The summed E-state index contributed by atoms with van der Waals surface area (Å²) < 4.78 is 1.94. The lowest BCUT2D eigenvalue weighted by molar-refractivity contribution is -0.384. The monoisotopic (exact) mass is 335 g/mol. The number of halogens is 1. The molecule has 1 unspecified atom stereocenters. The van der Waals surface area contributed by atoms with Gasteiger partial charge in [-0.3, -0.25) is 10.1 Å². The van der Waals surface area contributed by atoms with Crippen LogP contribution in [0.15, 0.2) is 12.1 Å². The average molecular weight is 336 g/mol. The number of rotatable bonds is 4. The predicted octanol–water partition coefficient (Wildman–Crippen LogP) is 3.14. The zero-order valence-electron chi connectivity index (χ0n) is 13.0. The van der Waals surface area contributed by atoms with Gasteiger partial charge < -0.3 is 5.32 Å². The third kappa shape index (κ3) is 3.14. The van der Waals surface area contributed by atoms with E-state index in [1.807, 2.05) is 18.5 Å². The van der Waals surface area contributed by atoms with Gasteiger partial charge in [-0.05, 0) is 18.9 Å². The Bertz CT molecular complexity index is 735. The van der Waals surface area contributed by atoms with Gasteiger partial charge in [0.15, 0.2) is 5.82 Å². The Hall–Kier alpha value is -2.15. The van der Waals surface area contributed by atoms with Gasteiger partial charge in [0.2, 0.25) is 0 Å². The lowest BCUT2D eigenvalue weighted by Gasteiger charge is -2.25. The van der Waals surface area contributed by atoms with Crippen molar-refractivity contribution in [3.05, 3.63) is 44.5 Å². The number of nitrogens with zero attached hydrogens (tertiary/aromatic N) is 4. The minimum atomic E-state index is -0.433. The molecule has 8 heteroatoms. The van der Waals surface area contributed by atoms with E-state index in [4.69, 9.17) is 11.6 Å². The highest BCUT2D eigenvalue weighted by Gasteiger charge is 2.23. The average Bonchev–Trinajstić information content (AvgIpc) is 2.92. The van der Waals surface area contributed by atoms with Gasteiger partial charge in [-0.25, -0.2) is 9.67 Å². The zero-order valence-corrected chi connectivity index (χ0v) is 13.8. The first-order valence-electron chi connectivity index (χ1n) is 7.61. The molecule has 2 aromatic rings. The van der Waals surface area contributed by atoms with Gasteiger partial charge >= 0.3 is 0 Å². The summed E-state index contributed by atoms with van der Waals surface area (Å²) in [5, 5.41) is 19.1. The molecule has 0 radical (unpaired) electrons. The summed E-state index contributed by atoms with van der Waals surface area (Å²) in [6.45, 7) is 4.58. The number of hydrogen-bond donors (Lipinski definition) is 1. The second-order valence-corrected chi connectivity index (χ2v) is 6.14. The third-order valence-electron chi connectivity index (χ3n) is 4.05. The van der Waals surface area contributed by atoms with Gasteiger partial charge in [-0.15, -0.1) is 0 Å². The standard InChI is InChI=1S/C15H18ClN5O2/c1-3-13-18-14-5-4-10(8-20(14)19-13)17-15-9(2)6-11(21(22)23)7-12(15)16/h6-7,10,17H,3-5,8H2,1-2H3. The molecule has 23 heavy (non-hydrogen) atoms. The number of hydrogen-bond acceptors (Lipinski definition) is 5. The minimum Gasteiger partial charge on any atom is -0.379 e. The quantitative estimate of drug-likeness (QED) is 0.685. The molecule has 0 aliphatic carbocycles. The van der Waals surface area contributed by atoms with Crippen LogP contribution in [-0.4, -0.2) is 25.7 Å². The van der Waals surface area contributed by atoms with Crippen LogP contribution >= 0.6 is 11.6 Å². The lowest BCUT2D eigenvalue weighted by Crippen LogP contribution is -2.32. The van der Waals surface area contributed by atoms with E-state index < -0.39 is 4.92 Å². The van der Waals surface area contributed by atoms with Crippen LogP contribution < -0.4 is 5.32 Å². The van der Waals surface area contributed by atoms with Crippen molar-refractivity contribution in [1.29, 1.82) is 0 Å². The molecule has 0 saturated carbocycles. The van der Waals surface area contributed by atoms with Gasteiger partial charge in [-0.2, -0.15) is 5.10 Å². The van der Waals surface area contributed by atoms with Gasteiger partial charge in [-0.1, -0.05) is 18.5 Å². The molecule has 0 saturated heterocycles. The summed E-state index contributed by atoms with van der Waals surface area (Å²) >= 11 is 6.22. The van der Waals surface area contributed by atoms with Crippen molar-refractivity contribution in [2.24, 2.45) is 0 Å². The van der Waals surface area contributed by atoms with E-state index in [9.17, 15) is 10.1 Å². The lowest BCUT2D eigenvalue weighted by atomic mass is 10.1. The molecule has 2 heterocycles. The summed E-state index contributed by atoms with van der Waals surface area (Å²) in [4.78, 5) is 14.9. The highest BCUT2D eigenvalue weighted by atomic mass is 35.5. The number of fused-ring (bicyclic) bond motifs is 1. The number of benzene rings is 1. The van der Waals surface area contributed by atoms with Crippen LogP contribution in [-0.2, 0) is 19.4 Å². The second kappa shape index (κ2) is 6.16. The van der Waals surface area contributed by atoms with Crippen molar-refractivity contribution >= 4 is 23.0 Å². The van der Waals surface area contributed by atoms with Gasteiger partial charge in [0, 0.05) is 31.0 Å². The van der Waals surface area contributed by atoms with Crippen molar-refractivity contribution < 1.29 is 4.92 Å². The van der Waals surface area contributed by atoms with E-state index in [2.05, 4.69) is 15.4 Å². The fraction of sp³-hybridized carbons (Fsp3) is 0.467. The van der Waals surface area contributed by atoms with E-state index in [0.29, 0.717) is 5.02 Å². The molecule has 0 bridgehead atoms. The van der Waals surface area contributed by atoms with Crippen LogP contribution in [0.1, 0.15) is 30.6 Å². The number of nitrogens with one attached hydrogen (secondary N) is 1. The number of nitro groups is 1. The summed E-state index contributed by atoms with van der Waals surface area (Å²) in [6, 6.07) is 3.09. The highest BCUT2D eigenvalue weighted by Crippen LogP contribution is 2.32. The van der Waals surface area contributed by atoms with E-state index >= 15 is 0 Å². The second-order valence-electron chi connectivity index (χ2n) is 5.74. The smallest absolute Gasteiger partial charge is 0.271 e. The summed E-state index contributed by atoms with van der Waals surface area (Å²) in [6.07, 6.45) is 2.61. The fourth-order valence-corrected chi connectivity index (χ4v) is 3.16. The molecular formula is C15H18ClN5O2. The minimum absolute atomic E-state index is 0.00726. The van der Waals surface area contributed by atoms with Crippen LogP contribution in [0.5, 0.6) is 0 Å². The Balaban J connectivity index is 1.79. The van der Waals surface area contributed by atoms with Crippen molar-refractivity contribution in [1.82, 2.24) is 14.8 Å². The van der Waals surface area contributed by atoms with Crippen molar-refractivity contribution in [2.45, 2.75) is 45.7 Å². The van der Waals surface area contributed by atoms with Crippen LogP contribution in [0.4, 0.5) is 11.4 Å². The van der Waals surface area contributed by atoms with Crippen molar-refractivity contribution in [3.63, 3.8) is 0 Å². The van der Waals surface area contributed by atoms with Crippen molar-refractivity contribution in [3.8, 4) is 0 Å². The molecule has 1 aromatic carbocycles. The SMILES string of the molecule is CCc1nc2n(n1)CC(Nc1c(C)cc([N+](=O)[O-])cc1Cl)CC2. The molecule has 1 aliphatic rings. The molecule has 1 atom stereocenters. The number of anilines is 1. The Kier molecular flexibility index (Phi) is 4.21. The maximum atomic E-state index is 10.9. The molecule has 3 rings (SSSR count). The van der Waals surface area contributed by atoms with E-state index in [-0.39, 0.29) is 11.7 Å². The van der Waals surface area contributed by atoms with Crippen LogP contribution in [0.2, 0.25) is 5.02 Å². The Morgan fingerprint density at radius 3 is 2.96 bits per heavy atom. The fourth-order valence-electron chi connectivity index (χ4n) is 2.85. The molecule has 0 spiro atoms. The maximum absolute atomic E-state index is 10.9. The molecule has 1 aliphatic heterocycles. The largest absolute Gasteiger partial charge is 0.379 e. The van der Waals surface area contributed by atoms with Crippen LogP contribution in [0.25, 0.3) is 0 Å². The molecule has 1 aromatic heterocycles.